The first-order valence-corrected chi connectivity index (χ1v) is 13.1. The number of hydrogen-bond donors (Lipinski definition) is 4. The summed E-state index contributed by atoms with van der Waals surface area (Å²) in [5.74, 6) is -0.293. The Kier molecular flexibility index (Phi) is 8.69. The second-order valence-electron chi connectivity index (χ2n) is 8.21. The number of benzene rings is 1. The molecule has 1 saturated heterocycles. The largest absolute Gasteiger partial charge is 0.385 e. The van der Waals surface area contributed by atoms with Crippen LogP contribution >= 0.6 is 23.3 Å². The second-order valence-corrected chi connectivity index (χ2v) is 10.4. The van der Waals surface area contributed by atoms with Gasteiger partial charge in [-0.15, -0.1) is 11.3 Å². The normalized spacial score (nSPS) is 13.6. The Balaban J connectivity index is 1.30. The van der Waals surface area contributed by atoms with E-state index in [-0.39, 0.29) is 5.91 Å². The lowest BCUT2D eigenvalue weighted by Crippen LogP contribution is -2.43. The van der Waals surface area contributed by atoms with E-state index in [1.807, 2.05) is 36.6 Å². The lowest BCUT2D eigenvalue weighted by Gasteiger charge is -2.30. The molecule has 0 unspecified atom stereocenters. The van der Waals surface area contributed by atoms with E-state index in [1.165, 1.54) is 16.2 Å². The first-order valence-electron chi connectivity index (χ1n) is 11.4. The molecule has 1 aliphatic heterocycles. The number of carbonyl (C=O) groups excluding carboxylic acids is 1. The number of piperazine rings is 1. The minimum absolute atomic E-state index is 0.293. The number of carbonyl (C=O) groups is 1. The van der Waals surface area contributed by atoms with Gasteiger partial charge < -0.3 is 26.3 Å². The number of nitrogens with zero attached hydrogens (tertiary/aromatic N) is 4. The minimum atomic E-state index is -0.293. The van der Waals surface area contributed by atoms with Crippen LogP contribution < -0.4 is 20.9 Å². The molecule has 184 valence electrons. The Morgan fingerprint density at radius 3 is 2.74 bits per heavy atom. The van der Waals surface area contributed by atoms with Crippen molar-refractivity contribution < 1.29 is 4.79 Å². The number of thiazole rings is 1. The highest BCUT2D eigenvalue weighted by Gasteiger charge is 2.18. The average molecular weight is 511 g/mol. The smallest absolute Gasteiger partial charge is 0.275 e. The number of hydrogen-bond acceptors (Lipinski definition) is 10. The van der Waals surface area contributed by atoms with Gasteiger partial charge in [-0.05, 0) is 56.4 Å². The summed E-state index contributed by atoms with van der Waals surface area (Å²) >= 11 is 2.99. The van der Waals surface area contributed by atoms with Crippen molar-refractivity contribution in [2.45, 2.75) is 11.3 Å². The van der Waals surface area contributed by atoms with Gasteiger partial charge in [-0.3, -0.25) is 14.1 Å². The number of rotatable bonds is 10. The number of pyridine rings is 1. The topological polar surface area (TPSA) is 109 Å². The molecule has 1 aromatic carbocycles. The van der Waals surface area contributed by atoms with E-state index in [0.29, 0.717) is 35.1 Å². The maximum absolute atomic E-state index is 12.9. The van der Waals surface area contributed by atoms with E-state index < -0.39 is 0 Å². The summed E-state index contributed by atoms with van der Waals surface area (Å²) in [7, 11) is 4.03. The zero-order chi connectivity index (χ0) is 24.6. The van der Waals surface area contributed by atoms with Crippen molar-refractivity contribution in [1.82, 2.24) is 19.6 Å². The van der Waals surface area contributed by atoms with Gasteiger partial charge in [-0.2, -0.15) is 0 Å². The molecule has 0 spiro atoms. The monoisotopic (exact) mass is 510 g/mol. The third-order valence-corrected chi connectivity index (χ3v) is 7.10. The minimum Gasteiger partial charge on any atom is -0.385 e. The zero-order valence-corrected chi connectivity index (χ0v) is 21.5. The molecular weight excluding hydrogens is 480 g/mol. The van der Waals surface area contributed by atoms with Gasteiger partial charge >= 0.3 is 0 Å². The Hall–Kier alpha value is -2.99. The molecule has 4 N–H and O–H groups in total. The van der Waals surface area contributed by atoms with Crippen LogP contribution in [0.3, 0.4) is 0 Å². The highest BCUT2D eigenvalue weighted by molar-refractivity contribution is 7.97. The number of anilines is 3. The van der Waals surface area contributed by atoms with Gasteiger partial charge in [0.2, 0.25) is 0 Å². The van der Waals surface area contributed by atoms with Crippen LogP contribution in [0.15, 0.2) is 53.0 Å². The van der Waals surface area contributed by atoms with Gasteiger partial charge in [-0.25, -0.2) is 4.98 Å². The molecule has 4 rings (SSSR count). The van der Waals surface area contributed by atoms with Crippen molar-refractivity contribution in [2.24, 2.45) is 0 Å². The molecule has 3 heterocycles. The van der Waals surface area contributed by atoms with Crippen molar-refractivity contribution in [3.05, 3.63) is 58.8 Å². The van der Waals surface area contributed by atoms with Gasteiger partial charge in [0.15, 0.2) is 0 Å². The highest BCUT2D eigenvalue weighted by atomic mass is 32.2. The fourth-order valence-electron chi connectivity index (χ4n) is 3.65. The van der Waals surface area contributed by atoms with E-state index in [0.717, 1.165) is 37.6 Å². The molecule has 3 aromatic rings. The molecule has 1 fully saturated rings. The first kappa shape index (κ1) is 25.1. The summed E-state index contributed by atoms with van der Waals surface area (Å²) in [6.45, 7) is 4.17. The van der Waals surface area contributed by atoms with Crippen molar-refractivity contribution in [3.8, 4) is 0 Å². The van der Waals surface area contributed by atoms with Crippen molar-refractivity contribution in [2.75, 3.05) is 62.4 Å². The Morgan fingerprint density at radius 1 is 1.23 bits per heavy atom. The molecular formula is C24H30N8OS2. The van der Waals surface area contributed by atoms with E-state index in [2.05, 4.69) is 43.0 Å². The fourth-order valence-corrected chi connectivity index (χ4v) is 5.11. The first-order chi connectivity index (χ1) is 17.0. The van der Waals surface area contributed by atoms with Crippen LogP contribution in [0.25, 0.3) is 0 Å². The van der Waals surface area contributed by atoms with Crippen molar-refractivity contribution in [1.29, 1.82) is 5.41 Å². The van der Waals surface area contributed by atoms with Gasteiger partial charge in [-0.1, -0.05) is 0 Å². The van der Waals surface area contributed by atoms with Crippen LogP contribution in [0.4, 0.5) is 17.1 Å². The van der Waals surface area contributed by atoms with Crippen LogP contribution in [-0.2, 0) is 0 Å². The fraction of sp³-hybridized carbons (Fsp3) is 0.333. The molecule has 0 saturated carbocycles. The third kappa shape index (κ3) is 7.01. The zero-order valence-electron chi connectivity index (χ0n) is 19.9. The quantitative estimate of drug-likeness (QED) is 0.242. The number of amides is 1. The van der Waals surface area contributed by atoms with Crippen LogP contribution in [0.5, 0.6) is 0 Å². The van der Waals surface area contributed by atoms with E-state index in [4.69, 9.17) is 5.41 Å². The molecule has 2 aromatic heterocycles. The van der Waals surface area contributed by atoms with E-state index in [1.54, 1.807) is 29.7 Å². The molecule has 1 amide bonds. The summed E-state index contributed by atoms with van der Waals surface area (Å²) in [5, 5.41) is 20.3. The van der Waals surface area contributed by atoms with Gasteiger partial charge in [0.1, 0.15) is 10.7 Å². The molecule has 11 heteroatoms. The predicted molar refractivity (Wildman–Crippen MR) is 145 cm³/mol. The predicted octanol–water partition coefficient (Wildman–Crippen LogP) is 3.64. The molecule has 0 aliphatic carbocycles. The third-order valence-electron chi connectivity index (χ3n) is 5.35. The molecule has 9 nitrogen and oxygen atoms in total. The van der Waals surface area contributed by atoms with E-state index in [9.17, 15) is 4.79 Å². The van der Waals surface area contributed by atoms with Crippen LogP contribution in [-0.4, -0.2) is 72.7 Å². The van der Waals surface area contributed by atoms with Crippen LogP contribution in [0.1, 0.15) is 21.9 Å². The van der Waals surface area contributed by atoms with Gasteiger partial charge in [0.05, 0.1) is 23.3 Å². The summed E-state index contributed by atoms with van der Waals surface area (Å²) in [5.41, 5.74) is 3.36. The van der Waals surface area contributed by atoms with Gasteiger partial charge in [0, 0.05) is 61.3 Å². The highest BCUT2D eigenvalue weighted by Crippen LogP contribution is 2.26. The van der Waals surface area contributed by atoms with Crippen LogP contribution in [0.2, 0.25) is 0 Å². The van der Waals surface area contributed by atoms with Crippen molar-refractivity contribution in [3.63, 3.8) is 0 Å². The summed E-state index contributed by atoms with van der Waals surface area (Å²) in [6.07, 6.45) is 3.92. The maximum Gasteiger partial charge on any atom is 0.275 e. The molecule has 0 bridgehead atoms. The SMILES string of the molecule is CN(C)Sc1ccc(NCCC(=N)c2nc(C(=O)Nc3cnccc3N3CCNCC3)cs2)cc1. The summed E-state index contributed by atoms with van der Waals surface area (Å²) < 4.78 is 2.05. The Morgan fingerprint density at radius 2 is 2.00 bits per heavy atom. The molecule has 0 atom stereocenters. The standard InChI is InChI=1S/C24H30N8OS2/c1-31(2)35-18-5-3-17(4-6-18)28-10-7-19(25)24-30-21(16-34-24)23(33)29-20-15-27-9-8-22(20)32-13-11-26-12-14-32/h3-6,8-9,15-16,25-26,28H,7,10-14H2,1-2H3,(H,29,33). The number of aromatic nitrogens is 2. The van der Waals surface area contributed by atoms with Gasteiger partial charge in [0.25, 0.3) is 5.91 Å². The van der Waals surface area contributed by atoms with E-state index >= 15 is 0 Å². The van der Waals surface area contributed by atoms with Crippen LogP contribution in [0, 0.1) is 5.41 Å². The lowest BCUT2D eigenvalue weighted by atomic mass is 10.2. The summed E-state index contributed by atoms with van der Waals surface area (Å²) in [4.78, 5) is 24.9. The average Bonchev–Trinajstić information content (AvgIpc) is 3.36. The Labute approximate surface area is 214 Å². The lowest BCUT2D eigenvalue weighted by molar-refractivity contribution is 0.102. The molecule has 1 aliphatic rings. The second kappa shape index (κ2) is 12.1. The molecule has 0 radical (unpaired) electrons. The molecule has 35 heavy (non-hydrogen) atoms. The van der Waals surface area contributed by atoms with Crippen molar-refractivity contribution >= 4 is 52.0 Å². The number of nitrogens with one attached hydrogen (secondary N) is 4. The Bertz CT molecular complexity index is 1140. The summed E-state index contributed by atoms with van der Waals surface area (Å²) in [6, 6.07) is 10.1. The maximum atomic E-state index is 12.9.